The third kappa shape index (κ3) is 3.55. The van der Waals surface area contributed by atoms with E-state index in [4.69, 9.17) is 0 Å². The van der Waals surface area contributed by atoms with Gasteiger partial charge in [0.05, 0.1) is 0 Å². The summed E-state index contributed by atoms with van der Waals surface area (Å²) in [6.07, 6.45) is 10.0. The van der Waals surface area contributed by atoms with E-state index in [0.29, 0.717) is 17.9 Å². The van der Waals surface area contributed by atoms with Crippen molar-refractivity contribution in [2.75, 3.05) is 26.2 Å². The van der Waals surface area contributed by atoms with Crippen molar-refractivity contribution < 1.29 is 4.79 Å². The first kappa shape index (κ1) is 14.4. The van der Waals surface area contributed by atoms with E-state index >= 15 is 0 Å². The molecule has 114 valence electrons. The first-order valence-electron chi connectivity index (χ1n) is 8.77. The van der Waals surface area contributed by atoms with Crippen LogP contribution in [0.1, 0.15) is 58.3 Å². The van der Waals surface area contributed by atoms with E-state index in [1.54, 1.807) is 0 Å². The van der Waals surface area contributed by atoms with Crippen LogP contribution in [0.3, 0.4) is 0 Å². The van der Waals surface area contributed by atoms with Gasteiger partial charge < -0.3 is 9.80 Å². The van der Waals surface area contributed by atoms with E-state index in [9.17, 15) is 4.79 Å². The van der Waals surface area contributed by atoms with Crippen molar-refractivity contribution in [3.63, 3.8) is 0 Å². The second-order valence-electron chi connectivity index (χ2n) is 7.29. The second-order valence-corrected chi connectivity index (χ2v) is 7.29. The van der Waals surface area contributed by atoms with Crippen molar-refractivity contribution in [1.29, 1.82) is 0 Å². The molecule has 3 rings (SSSR count). The molecule has 2 saturated heterocycles. The zero-order valence-corrected chi connectivity index (χ0v) is 13.0. The lowest BCUT2D eigenvalue weighted by molar-refractivity contribution is -0.135. The quantitative estimate of drug-likeness (QED) is 0.792. The Morgan fingerprint density at radius 2 is 1.70 bits per heavy atom. The largest absolute Gasteiger partial charge is 0.338 e. The van der Waals surface area contributed by atoms with Crippen molar-refractivity contribution in [3.05, 3.63) is 0 Å². The molecule has 1 atom stereocenters. The summed E-state index contributed by atoms with van der Waals surface area (Å²) < 4.78 is 0. The van der Waals surface area contributed by atoms with E-state index in [0.717, 1.165) is 31.8 Å². The third-order valence-corrected chi connectivity index (χ3v) is 5.43. The third-order valence-electron chi connectivity index (χ3n) is 5.43. The minimum atomic E-state index is 0.386. The maximum atomic E-state index is 12.5. The zero-order chi connectivity index (χ0) is 13.9. The molecule has 3 nitrogen and oxygen atoms in total. The molecule has 0 aromatic rings. The average molecular weight is 278 g/mol. The van der Waals surface area contributed by atoms with Gasteiger partial charge >= 0.3 is 0 Å². The molecule has 1 amide bonds. The second kappa shape index (κ2) is 6.46. The lowest BCUT2D eigenvalue weighted by atomic mass is 9.98. The van der Waals surface area contributed by atoms with E-state index in [1.165, 1.54) is 51.6 Å². The number of likely N-dealkylation sites (tertiary alicyclic amines) is 2. The summed E-state index contributed by atoms with van der Waals surface area (Å²) in [4.78, 5) is 17.4. The number of nitrogens with zero attached hydrogens (tertiary/aromatic N) is 2. The van der Waals surface area contributed by atoms with Crippen LogP contribution >= 0.6 is 0 Å². The summed E-state index contributed by atoms with van der Waals surface area (Å²) in [5.74, 6) is 1.75. The predicted molar refractivity (Wildman–Crippen MR) is 81.5 cm³/mol. The molecule has 2 heterocycles. The molecule has 1 aliphatic carbocycles. The van der Waals surface area contributed by atoms with Crippen LogP contribution in [0.2, 0.25) is 0 Å². The molecule has 0 aromatic heterocycles. The average Bonchev–Trinajstić information content (AvgIpc) is 3.27. The van der Waals surface area contributed by atoms with Gasteiger partial charge in [0.25, 0.3) is 0 Å². The fourth-order valence-electron chi connectivity index (χ4n) is 3.76. The van der Waals surface area contributed by atoms with E-state index < -0.39 is 0 Å². The molecule has 2 aliphatic heterocycles. The standard InChI is InChI=1S/C17H30N2O/c1-14-8-11-18(12-9-14)13-16-5-3-2-4-10-19(16)17(20)15-6-7-15/h14-16H,2-13H2,1H3. The number of rotatable bonds is 3. The Bertz CT molecular complexity index is 332. The zero-order valence-electron chi connectivity index (χ0n) is 13.0. The molecular weight excluding hydrogens is 248 g/mol. The Hall–Kier alpha value is -0.570. The van der Waals surface area contributed by atoms with Crippen molar-refractivity contribution in [1.82, 2.24) is 9.80 Å². The SMILES string of the molecule is CC1CCN(CC2CCCCCN2C(=O)C2CC2)CC1. The molecule has 0 bridgehead atoms. The van der Waals surface area contributed by atoms with Crippen LogP contribution < -0.4 is 0 Å². The van der Waals surface area contributed by atoms with Crippen molar-refractivity contribution in [2.45, 2.75) is 64.3 Å². The molecule has 1 unspecified atom stereocenters. The lowest BCUT2D eigenvalue weighted by Crippen LogP contribution is -2.48. The smallest absolute Gasteiger partial charge is 0.225 e. The van der Waals surface area contributed by atoms with Crippen LogP contribution in [-0.4, -0.2) is 47.9 Å². The highest BCUT2D eigenvalue weighted by molar-refractivity contribution is 5.81. The normalized spacial score (nSPS) is 30.2. The molecule has 0 spiro atoms. The van der Waals surface area contributed by atoms with E-state index in [-0.39, 0.29) is 0 Å². The number of carbonyl (C=O) groups is 1. The lowest BCUT2D eigenvalue weighted by Gasteiger charge is -2.37. The van der Waals surface area contributed by atoms with Gasteiger partial charge in [0.2, 0.25) is 5.91 Å². The number of piperidine rings is 1. The van der Waals surface area contributed by atoms with Crippen LogP contribution in [0.25, 0.3) is 0 Å². The fourth-order valence-corrected chi connectivity index (χ4v) is 3.76. The molecular formula is C17H30N2O. The monoisotopic (exact) mass is 278 g/mol. The van der Waals surface area contributed by atoms with Gasteiger partial charge in [-0.3, -0.25) is 4.79 Å². The molecule has 20 heavy (non-hydrogen) atoms. The van der Waals surface area contributed by atoms with Gasteiger partial charge in [-0.25, -0.2) is 0 Å². The highest BCUT2D eigenvalue weighted by Gasteiger charge is 2.37. The Labute approximate surface area is 123 Å². The molecule has 0 radical (unpaired) electrons. The molecule has 0 aromatic carbocycles. The van der Waals surface area contributed by atoms with Crippen molar-refractivity contribution in [3.8, 4) is 0 Å². The Balaban J connectivity index is 1.59. The molecule has 3 heteroatoms. The van der Waals surface area contributed by atoms with Gasteiger partial charge in [-0.1, -0.05) is 19.8 Å². The number of amides is 1. The van der Waals surface area contributed by atoms with Gasteiger partial charge in [0.15, 0.2) is 0 Å². The molecule has 3 aliphatic rings. The Morgan fingerprint density at radius 3 is 2.40 bits per heavy atom. The number of carbonyl (C=O) groups excluding carboxylic acids is 1. The van der Waals surface area contributed by atoms with Crippen LogP contribution in [-0.2, 0) is 4.79 Å². The topological polar surface area (TPSA) is 23.6 Å². The van der Waals surface area contributed by atoms with Crippen LogP contribution in [0, 0.1) is 11.8 Å². The summed E-state index contributed by atoms with van der Waals surface area (Å²) in [5.41, 5.74) is 0. The maximum absolute atomic E-state index is 12.5. The number of hydrogen-bond acceptors (Lipinski definition) is 2. The van der Waals surface area contributed by atoms with Gasteiger partial charge in [-0.15, -0.1) is 0 Å². The van der Waals surface area contributed by atoms with Crippen molar-refractivity contribution in [2.24, 2.45) is 11.8 Å². The van der Waals surface area contributed by atoms with Gasteiger partial charge in [-0.2, -0.15) is 0 Å². The minimum Gasteiger partial charge on any atom is -0.338 e. The molecule has 0 N–H and O–H groups in total. The van der Waals surface area contributed by atoms with Crippen LogP contribution in [0.4, 0.5) is 0 Å². The summed E-state index contributed by atoms with van der Waals surface area (Å²) in [6.45, 7) is 6.99. The van der Waals surface area contributed by atoms with Gasteiger partial charge in [0.1, 0.15) is 0 Å². The van der Waals surface area contributed by atoms with Crippen molar-refractivity contribution >= 4 is 5.91 Å². The summed E-state index contributed by atoms with van der Waals surface area (Å²) in [7, 11) is 0. The highest BCUT2D eigenvalue weighted by atomic mass is 16.2. The molecule has 3 fully saturated rings. The van der Waals surface area contributed by atoms with Crippen LogP contribution in [0.5, 0.6) is 0 Å². The first-order chi connectivity index (χ1) is 9.74. The van der Waals surface area contributed by atoms with Crippen LogP contribution in [0.15, 0.2) is 0 Å². The number of hydrogen-bond donors (Lipinski definition) is 0. The Morgan fingerprint density at radius 1 is 0.950 bits per heavy atom. The van der Waals surface area contributed by atoms with E-state index in [1.807, 2.05) is 0 Å². The highest BCUT2D eigenvalue weighted by Crippen LogP contribution is 2.33. The summed E-state index contributed by atoms with van der Waals surface area (Å²) in [5, 5.41) is 0. The van der Waals surface area contributed by atoms with Gasteiger partial charge in [-0.05, 0) is 57.5 Å². The predicted octanol–water partition coefficient (Wildman–Crippen LogP) is 2.90. The Kier molecular flexibility index (Phi) is 4.65. The summed E-state index contributed by atoms with van der Waals surface area (Å²) in [6, 6.07) is 0.499. The van der Waals surface area contributed by atoms with Gasteiger partial charge in [0, 0.05) is 25.0 Å². The van der Waals surface area contributed by atoms with E-state index in [2.05, 4.69) is 16.7 Å². The fraction of sp³-hybridized carbons (Fsp3) is 0.941. The summed E-state index contributed by atoms with van der Waals surface area (Å²) >= 11 is 0. The minimum absolute atomic E-state index is 0.386. The maximum Gasteiger partial charge on any atom is 0.225 e. The first-order valence-corrected chi connectivity index (χ1v) is 8.77. The molecule has 1 saturated carbocycles.